The van der Waals surface area contributed by atoms with E-state index in [1.165, 1.54) is 0 Å². The largest absolute Gasteiger partial charge is 0.493 e. The molecule has 106 valence electrons. The van der Waals surface area contributed by atoms with Gasteiger partial charge in [0.15, 0.2) is 0 Å². The molecular formula is C15H22BrNO2. The molecule has 1 saturated heterocycles. The number of benzene rings is 1. The Kier molecular flexibility index (Phi) is 5.25. The van der Waals surface area contributed by atoms with E-state index >= 15 is 0 Å². The second-order valence-electron chi connectivity index (χ2n) is 5.29. The fourth-order valence-electron chi connectivity index (χ4n) is 2.47. The second-order valence-corrected chi connectivity index (χ2v) is 6.14. The van der Waals surface area contributed by atoms with Gasteiger partial charge in [0.2, 0.25) is 0 Å². The lowest BCUT2D eigenvalue weighted by atomic mass is 9.88. The van der Waals surface area contributed by atoms with Crippen molar-refractivity contribution in [3.63, 3.8) is 0 Å². The zero-order valence-electron chi connectivity index (χ0n) is 11.4. The van der Waals surface area contributed by atoms with Crippen molar-refractivity contribution >= 4 is 15.9 Å². The normalized spacial score (nSPS) is 18.3. The first-order valence-corrected chi connectivity index (χ1v) is 7.71. The van der Waals surface area contributed by atoms with E-state index in [1.807, 2.05) is 25.1 Å². The molecule has 0 amide bonds. The third kappa shape index (κ3) is 4.20. The topological polar surface area (TPSA) is 41.5 Å². The van der Waals surface area contributed by atoms with Gasteiger partial charge in [-0.25, -0.2) is 0 Å². The van der Waals surface area contributed by atoms with E-state index in [0.29, 0.717) is 6.61 Å². The van der Waals surface area contributed by atoms with E-state index in [2.05, 4.69) is 21.2 Å². The summed E-state index contributed by atoms with van der Waals surface area (Å²) in [7, 11) is 0. The van der Waals surface area contributed by atoms with Crippen molar-refractivity contribution < 1.29 is 9.84 Å². The number of piperidine rings is 1. The van der Waals surface area contributed by atoms with Crippen molar-refractivity contribution in [3.05, 3.63) is 28.2 Å². The fraction of sp³-hybridized carbons (Fsp3) is 0.600. The smallest absolute Gasteiger partial charge is 0.123 e. The molecule has 0 unspecified atom stereocenters. The van der Waals surface area contributed by atoms with Gasteiger partial charge in [-0.3, -0.25) is 0 Å². The van der Waals surface area contributed by atoms with Crippen molar-refractivity contribution in [2.24, 2.45) is 0 Å². The Morgan fingerprint density at radius 2 is 2.11 bits per heavy atom. The van der Waals surface area contributed by atoms with Crippen LogP contribution in [0.1, 0.15) is 31.2 Å². The maximum atomic E-state index is 10.4. The van der Waals surface area contributed by atoms with Crippen LogP contribution in [0.5, 0.6) is 5.75 Å². The van der Waals surface area contributed by atoms with Crippen LogP contribution in [0, 0.1) is 6.92 Å². The van der Waals surface area contributed by atoms with Gasteiger partial charge in [0.25, 0.3) is 0 Å². The van der Waals surface area contributed by atoms with Gasteiger partial charge in [-0.05, 0) is 57.8 Å². The molecule has 0 saturated carbocycles. The Labute approximate surface area is 123 Å². The summed E-state index contributed by atoms with van der Waals surface area (Å²) in [6, 6.07) is 5.98. The van der Waals surface area contributed by atoms with Crippen LogP contribution in [-0.2, 0) is 0 Å². The molecule has 19 heavy (non-hydrogen) atoms. The van der Waals surface area contributed by atoms with Crippen molar-refractivity contribution in [2.75, 3.05) is 19.7 Å². The highest BCUT2D eigenvalue weighted by atomic mass is 79.9. The minimum Gasteiger partial charge on any atom is -0.493 e. The number of hydrogen-bond acceptors (Lipinski definition) is 3. The molecule has 1 aliphatic rings. The van der Waals surface area contributed by atoms with E-state index in [-0.39, 0.29) is 0 Å². The van der Waals surface area contributed by atoms with Gasteiger partial charge in [0.1, 0.15) is 5.75 Å². The lowest BCUT2D eigenvalue weighted by Crippen LogP contribution is -2.41. The minimum absolute atomic E-state index is 0.485. The molecular weight excluding hydrogens is 306 g/mol. The van der Waals surface area contributed by atoms with Crippen molar-refractivity contribution in [2.45, 2.75) is 38.2 Å². The van der Waals surface area contributed by atoms with E-state index in [4.69, 9.17) is 4.74 Å². The first-order chi connectivity index (χ1) is 9.11. The number of aliphatic hydroxyl groups is 1. The van der Waals surface area contributed by atoms with Gasteiger partial charge in [-0.15, -0.1) is 0 Å². The van der Waals surface area contributed by atoms with E-state index in [1.54, 1.807) is 0 Å². The van der Waals surface area contributed by atoms with E-state index in [9.17, 15) is 5.11 Å². The summed E-state index contributed by atoms with van der Waals surface area (Å²) >= 11 is 3.50. The van der Waals surface area contributed by atoms with E-state index in [0.717, 1.165) is 54.6 Å². The molecule has 0 bridgehead atoms. The van der Waals surface area contributed by atoms with Crippen molar-refractivity contribution in [3.8, 4) is 5.75 Å². The van der Waals surface area contributed by atoms with Crippen LogP contribution in [0.25, 0.3) is 0 Å². The molecule has 2 rings (SSSR count). The third-order valence-corrected chi connectivity index (χ3v) is 4.66. The number of ether oxygens (including phenoxy) is 1. The number of hydrogen-bond donors (Lipinski definition) is 2. The van der Waals surface area contributed by atoms with Gasteiger partial charge >= 0.3 is 0 Å². The Bertz CT molecular complexity index is 417. The Morgan fingerprint density at radius 1 is 1.37 bits per heavy atom. The second kappa shape index (κ2) is 6.73. The quantitative estimate of drug-likeness (QED) is 0.817. The van der Waals surface area contributed by atoms with Gasteiger partial charge < -0.3 is 15.2 Å². The van der Waals surface area contributed by atoms with Crippen LogP contribution < -0.4 is 10.1 Å². The SMILES string of the molecule is Cc1c(Br)cccc1OCCCC1(O)CCNCC1. The van der Waals surface area contributed by atoms with Gasteiger partial charge in [0.05, 0.1) is 12.2 Å². The first-order valence-electron chi connectivity index (χ1n) is 6.92. The molecule has 2 N–H and O–H groups in total. The molecule has 1 fully saturated rings. The molecule has 3 nitrogen and oxygen atoms in total. The van der Waals surface area contributed by atoms with Crippen LogP contribution in [-0.4, -0.2) is 30.4 Å². The molecule has 0 aliphatic carbocycles. The highest BCUT2D eigenvalue weighted by molar-refractivity contribution is 9.10. The lowest BCUT2D eigenvalue weighted by molar-refractivity contribution is -0.00190. The van der Waals surface area contributed by atoms with E-state index < -0.39 is 5.60 Å². The molecule has 0 aromatic heterocycles. The predicted molar refractivity (Wildman–Crippen MR) is 80.7 cm³/mol. The lowest BCUT2D eigenvalue weighted by Gasteiger charge is -2.32. The standard InChI is InChI=1S/C15H22BrNO2/c1-12-13(16)4-2-5-14(12)19-11-3-6-15(18)7-9-17-10-8-15/h2,4-5,17-18H,3,6-11H2,1H3. The maximum absolute atomic E-state index is 10.4. The van der Waals surface area contributed by atoms with Crippen molar-refractivity contribution in [1.82, 2.24) is 5.32 Å². The summed E-state index contributed by atoms with van der Waals surface area (Å²) in [5, 5.41) is 13.6. The Balaban J connectivity index is 1.76. The summed E-state index contributed by atoms with van der Waals surface area (Å²) in [6.45, 7) is 4.54. The highest BCUT2D eigenvalue weighted by Gasteiger charge is 2.28. The summed E-state index contributed by atoms with van der Waals surface area (Å²) in [4.78, 5) is 0. The fourth-order valence-corrected chi connectivity index (χ4v) is 2.82. The first kappa shape index (κ1) is 14.8. The Hall–Kier alpha value is -0.580. The third-order valence-electron chi connectivity index (χ3n) is 3.80. The molecule has 0 atom stereocenters. The minimum atomic E-state index is -0.485. The number of rotatable bonds is 5. The predicted octanol–water partition coefficient (Wildman–Crippen LogP) is 3.03. The van der Waals surface area contributed by atoms with Crippen LogP contribution in [0.2, 0.25) is 0 Å². The van der Waals surface area contributed by atoms with Crippen LogP contribution in [0.4, 0.5) is 0 Å². The zero-order chi connectivity index (χ0) is 13.7. The highest BCUT2D eigenvalue weighted by Crippen LogP contribution is 2.27. The van der Waals surface area contributed by atoms with Gasteiger partial charge in [-0.1, -0.05) is 22.0 Å². The van der Waals surface area contributed by atoms with Gasteiger partial charge in [0, 0.05) is 10.0 Å². The summed E-state index contributed by atoms with van der Waals surface area (Å²) in [5.74, 6) is 0.923. The molecule has 0 radical (unpaired) electrons. The molecule has 0 spiro atoms. The van der Waals surface area contributed by atoms with Crippen molar-refractivity contribution in [1.29, 1.82) is 0 Å². The number of nitrogens with one attached hydrogen (secondary N) is 1. The average Bonchev–Trinajstić information content (AvgIpc) is 2.40. The number of halogens is 1. The summed E-state index contributed by atoms with van der Waals surface area (Å²) < 4.78 is 6.87. The molecule has 1 aromatic rings. The monoisotopic (exact) mass is 327 g/mol. The van der Waals surface area contributed by atoms with Gasteiger partial charge in [-0.2, -0.15) is 0 Å². The van der Waals surface area contributed by atoms with Crippen LogP contribution >= 0.6 is 15.9 Å². The molecule has 4 heteroatoms. The Morgan fingerprint density at radius 3 is 2.84 bits per heavy atom. The summed E-state index contributed by atoms with van der Waals surface area (Å²) in [6.07, 6.45) is 3.41. The zero-order valence-corrected chi connectivity index (χ0v) is 13.0. The molecule has 1 aliphatic heterocycles. The molecule has 1 heterocycles. The summed E-state index contributed by atoms with van der Waals surface area (Å²) in [5.41, 5.74) is 0.643. The maximum Gasteiger partial charge on any atom is 0.123 e. The molecule has 1 aromatic carbocycles. The average molecular weight is 328 g/mol. The van der Waals surface area contributed by atoms with Crippen LogP contribution in [0.15, 0.2) is 22.7 Å². The van der Waals surface area contributed by atoms with Crippen LogP contribution in [0.3, 0.4) is 0 Å².